The monoisotopic (exact) mass is 301 g/mol. The number of carbonyl (C=O) groups excluding carboxylic acids is 1. The zero-order valence-corrected chi connectivity index (χ0v) is 11.8. The summed E-state index contributed by atoms with van der Waals surface area (Å²) in [4.78, 5) is 33.1. The Morgan fingerprint density at radius 3 is 3.00 bits per heavy atom. The summed E-state index contributed by atoms with van der Waals surface area (Å²) in [5.74, 6) is 0.229. The first-order valence-corrected chi connectivity index (χ1v) is 7.00. The fourth-order valence-electron chi connectivity index (χ4n) is 2.36. The Labute approximate surface area is 126 Å². The summed E-state index contributed by atoms with van der Waals surface area (Å²) >= 11 is 0. The average molecular weight is 301 g/mol. The minimum atomic E-state index is -0.334. The maximum absolute atomic E-state index is 12.4. The Balaban J connectivity index is 1.66. The molecule has 2 aromatic heterocycles. The molecule has 1 fully saturated rings. The van der Waals surface area contributed by atoms with Crippen LogP contribution in [0.2, 0.25) is 0 Å². The number of H-pyrrole nitrogens is 1. The quantitative estimate of drug-likeness (QED) is 0.871. The number of hydrogen-bond donors (Lipinski definition) is 1. The lowest BCUT2D eigenvalue weighted by molar-refractivity contribution is 0.0520. The first kappa shape index (κ1) is 14.2. The van der Waals surface area contributed by atoms with E-state index in [1.54, 1.807) is 23.5 Å². The molecule has 1 aliphatic rings. The van der Waals surface area contributed by atoms with Crippen molar-refractivity contribution in [2.45, 2.75) is 18.9 Å². The van der Waals surface area contributed by atoms with E-state index in [4.69, 9.17) is 4.74 Å². The average Bonchev–Trinajstić information content (AvgIpc) is 2.56. The summed E-state index contributed by atoms with van der Waals surface area (Å²) in [6, 6.07) is 2.71. The number of aromatic amines is 1. The van der Waals surface area contributed by atoms with Crippen molar-refractivity contribution in [1.29, 1.82) is 0 Å². The number of nitrogens with one attached hydrogen (secondary N) is 1. The van der Waals surface area contributed by atoms with Gasteiger partial charge in [0.25, 0.3) is 11.5 Å². The number of nitrogens with zero attached hydrogens (tertiary/aromatic N) is 4. The lowest BCUT2D eigenvalue weighted by atomic mass is 10.1. The fourth-order valence-corrected chi connectivity index (χ4v) is 2.36. The summed E-state index contributed by atoms with van der Waals surface area (Å²) in [6.45, 7) is 1.09. The van der Waals surface area contributed by atoms with E-state index >= 15 is 0 Å². The molecule has 8 heteroatoms. The molecule has 22 heavy (non-hydrogen) atoms. The second-order valence-corrected chi connectivity index (χ2v) is 4.98. The van der Waals surface area contributed by atoms with Crippen LogP contribution in [-0.4, -0.2) is 50.2 Å². The number of rotatable bonds is 3. The van der Waals surface area contributed by atoms with Crippen molar-refractivity contribution in [3.05, 3.63) is 46.8 Å². The number of likely N-dealkylation sites (tertiary alicyclic amines) is 1. The number of ether oxygens (including phenoxy) is 1. The molecule has 3 heterocycles. The molecule has 8 nitrogen and oxygen atoms in total. The van der Waals surface area contributed by atoms with Crippen molar-refractivity contribution in [3.63, 3.8) is 0 Å². The zero-order chi connectivity index (χ0) is 15.4. The van der Waals surface area contributed by atoms with Crippen LogP contribution in [0.4, 0.5) is 0 Å². The number of hydrogen-bond acceptors (Lipinski definition) is 6. The molecule has 1 saturated heterocycles. The highest BCUT2D eigenvalue weighted by molar-refractivity contribution is 5.92. The molecule has 114 valence electrons. The van der Waals surface area contributed by atoms with E-state index in [1.807, 2.05) is 0 Å². The number of amides is 1. The van der Waals surface area contributed by atoms with Crippen molar-refractivity contribution in [1.82, 2.24) is 25.1 Å². The normalized spacial score (nSPS) is 18.0. The Hall–Kier alpha value is -2.77. The molecule has 0 saturated carbocycles. The van der Waals surface area contributed by atoms with Gasteiger partial charge in [-0.05, 0) is 18.9 Å². The van der Waals surface area contributed by atoms with E-state index in [9.17, 15) is 9.59 Å². The summed E-state index contributed by atoms with van der Waals surface area (Å²) in [7, 11) is 0. The third kappa shape index (κ3) is 3.27. The standard InChI is InChI=1S/C14H15N5O3/c20-12-4-3-11(17-18-12)14(21)19-7-1-2-10(9-19)22-13-8-15-5-6-16-13/h3-6,8,10H,1-2,7,9H2,(H,18,20). The summed E-state index contributed by atoms with van der Waals surface area (Å²) < 4.78 is 5.74. The van der Waals surface area contributed by atoms with Crippen LogP contribution in [0, 0.1) is 0 Å². The van der Waals surface area contributed by atoms with Gasteiger partial charge in [-0.3, -0.25) is 14.6 Å². The minimum Gasteiger partial charge on any atom is -0.471 e. The van der Waals surface area contributed by atoms with Gasteiger partial charge >= 0.3 is 0 Å². The Morgan fingerprint density at radius 2 is 2.27 bits per heavy atom. The Morgan fingerprint density at radius 1 is 1.36 bits per heavy atom. The minimum absolute atomic E-state index is 0.128. The van der Waals surface area contributed by atoms with E-state index in [-0.39, 0.29) is 23.3 Å². The van der Waals surface area contributed by atoms with Crippen LogP contribution >= 0.6 is 0 Å². The predicted molar refractivity (Wildman–Crippen MR) is 76.4 cm³/mol. The SMILES string of the molecule is O=C(c1ccc(=O)[nH]n1)N1CCCC(Oc2cnccn2)C1. The van der Waals surface area contributed by atoms with Crippen LogP contribution in [0.25, 0.3) is 0 Å². The molecule has 0 bridgehead atoms. The third-order valence-electron chi connectivity index (χ3n) is 3.39. The summed E-state index contributed by atoms with van der Waals surface area (Å²) in [5.41, 5.74) is -0.112. The number of piperidine rings is 1. The number of carbonyl (C=O) groups is 1. The van der Waals surface area contributed by atoms with Gasteiger partial charge in [0.1, 0.15) is 11.8 Å². The Kier molecular flexibility index (Phi) is 4.08. The van der Waals surface area contributed by atoms with Crippen LogP contribution in [0.1, 0.15) is 23.3 Å². The summed E-state index contributed by atoms with van der Waals surface area (Å²) in [5, 5.41) is 6.04. The van der Waals surface area contributed by atoms with Gasteiger partial charge < -0.3 is 9.64 Å². The van der Waals surface area contributed by atoms with Crippen LogP contribution in [-0.2, 0) is 0 Å². The van der Waals surface area contributed by atoms with Crippen molar-refractivity contribution in [2.24, 2.45) is 0 Å². The predicted octanol–water partition coefficient (Wildman–Crippen LogP) is 0.243. The topological polar surface area (TPSA) is 101 Å². The van der Waals surface area contributed by atoms with Gasteiger partial charge in [-0.25, -0.2) is 10.1 Å². The van der Waals surface area contributed by atoms with E-state index in [0.29, 0.717) is 19.0 Å². The highest BCUT2D eigenvalue weighted by Gasteiger charge is 2.26. The molecule has 1 atom stereocenters. The van der Waals surface area contributed by atoms with Crippen molar-refractivity contribution < 1.29 is 9.53 Å². The van der Waals surface area contributed by atoms with Gasteiger partial charge in [0.2, 0.25) is 5.88 Å². The lowest BCUT2D eigenvalue weighted by Crippen LogP contribution is -2.44. The van der Waals surface area contributed by atoms with Crippen molar-refractivity contribution >= 4 is 5.91 Å². The third-order valence-corrected chi connectivity index (χ3v) is 3.39. The zero-order valence-electron chi connectivity index (χ0n) is 11.8. The molecule has 1 aliphatic heterocycles. The van der Waals surface area contributed by atoms with E-state index in [2.05, 4.69) is 20.2 Å². The van der Waals surface area contributed by atoms with E-state index in [1.165, 1.54) is 12.1 Å². The van der Waals surface area contributed by atoms with Gasteiger partial charge in [0, 0.05) is 25.0 Å². The molecule has 3 rings (SSSR count). The van der Waals surface area contributed by atoms with Gasteiger partial charge in [-0.1, -0.05) is 0 Å². The molecular formula is C14H15N5O3. The van der Waals surface area contributed by atoms with Crippen molar-refractivity contribution in [3.8, 4) is 5.88 Å². The fraction of sp³-hybridized carbons (Fsp3) is 0.357. The van der Waals surface area contributed by atoms with Crippen LogP contribution < -0.4 is 10.3 Å². The molecule has 0 aromatic carbocycles. The first-order chi connectivity index (χ1) is 10.7. The highest BCUT2D eigenvalue weighted by atomic mass is 16.5. The molecule has 1 amide bonds. The maximum Gasteiger partial charge on any atom is 0.274 e. The van der Waals surface area contributed by atoms with Crippen LogP contribution in [0.5, 0.6) is 5.88 Å². The van der Waals surface area contributed by atoms with E-state index < -0.39 is 0 Å². The summed E-state index contributed by atoms with van der Waals surface area (Å²) in [6.07, 6.45) is 6.23. The van der Waals surface area contributed by atoms with Crippen LogP contribution in [0.3, 0.4) is 0 Å². The molecule has 2 aromatic rings. The van der Waals surface area contributed by atoms with Gasteiger partial charge in [0.05, 0.1) is 12.7 Å². The van der Waals surface area contributed by atoms with Gasteiger partial charge in [-0.15, -0.1) is 0 Å². The van der Waals surface area contributed by atoms with Gasteiger partial charge in [0.15, 0.2) is 0 Å². The lowest BCUT2D eigenvalue weighted by Gasteiger charge is -2.32. The van der Waals surface area contributed by atoms with Gasteiger partial charge in [-0.2, -0.15) is 5.10 Å². The van der Waals surface area contributed by atoms with Crippen LogP contribution in [0.15, 0.2) is 35.5 Å². The smallest absolute Gasteiger partial charge is 0.274 e. The maximum atomic E-state index is 12.4. The Bertz CT molecular complexity index is 683. The first-order valence-electron chi connectivity index (χ1n) is 7.00. The number of aromatic nitrogens is 4. The van der Waals surface area contributed by atoms with Crippen molar-refractivity contribution in [2.75, 3.05) is 13.1 Å². The second-order valence-electron chi connectivity index (χ2n) is 4.98. The molecule has 0 radical (unpaired) electrons. The van der Waals surface area contributed by atoms with E-state index in [0.717, 1.165) is 12.8 Å². The highest BCUT2D eigenvalue weighted by Crippen LogP contribution is 2.17. The largest absolute Gasteiger partial charge is 0.471 e. The molecule has 1 N–H and O–H groups in total. The second kappa shape index (κ2) is 6.33. The molecule has 1 unspecified atom stereocenters. The molecule has 0 aliphatic carbocycles. The molecule has 0 spiro atoms. The molecular weight excluding hydrogens is 286 g/mol.